The van der Waals surface area contributed by atoms with Crippen LogP contribution in [0, 0.1) is 0 Å². The summed E-state index contributed by atoms with van der Waals surface area (Å²) in [6.45, 7) is 5.94. The van der Waals surface area contributed by atoms with Crippen LogP contribution in [0.3, 0.4) is 0 Å². The van der Waals surface area contributed by atoms with Crippen molar-refractivity contribution in [3.8, 4) is 11.4 Å². The molecule has 2 rings (SSSR count). The summed E-state index contributed by atoms with van der Waals surface area (Å²) in [7, 11) is 0. The van der Waals surface area contributed by atoms with Crippen LogP contribution in [0.1, 0.15) is 19.7 Å². The fourth-order valence-corrected chi connectivity index (χ4v) is 1.96. The third kappa shape index (κ3) is 4.84. The molecule has 0 atom stereocenters. The number of aromatic nitrogens is 2. The molecule has 120 valence electrons. The van der Waals surface area contributed by atoms with E-state index in [9.17, 15) is 0 Å². The van der Waals surface area contributed by atoms with E-state index in [4.69, 9.17) is 21.9 Å². The van der Waals surface area contributed by atoms with Gasteiger partial charge in [0, 0.05) is 23.7 Å². The van der Waals surface area contributed by atoms with Crippen LogP contribution in [0.25, 0.3) is 11.4 Å². The molecule has 0 saturated carbocycles. The van der Waals surface area contributed by atoms with Gasteiger partial charge in [-0.25, -0.2) is 4.99 Å². The highest BCUT2D eigenvalue weighted by atomic mass is 127. The Kier molecular flexibility index (Phi) is 7.60. The first-order valence-electron chi connectivity index (χ1n) is 6.77. The molecule has 1 heterocycles. The van der Waals surface area contributed by atoms with Crippen molar-refractivity contribution < 1.29 is 4.52 Å². The molecule has 0 aliphatic rings. The van der Waals surface area contributed by atoms with Crippen molar-refractivity contribution in [1.82, 2.24) is 15.0 Å². The third-order valence-corrected chi connectivity index (χ3v) is 3.29. The van der Waals surface area contributed by atoms with Crippen molar-refractivity contribution in [2.24, 2.45) is 10.7 Å². The minimum absolute atomic E-state index is 0. The molecule has 2 N–H and O–H groups in total. The van der Waals surface area contributed by atoms with E-state index in [1.54, 1.807) is 12.1 Å². The van der Waals surface area contributed by atoms with Crippen LogP contribution < -0.4 is 5.73 Å². The molecule has 1 aromatic heterocycles. The summed E-state index contributed by atoms with van der Waals surface area (Å²) in [4.78, 5) is 10.5. The Morgan fingerprint density at radius 3 is 2.50 bits per heavy atom. The highest BCUT2D eigenvalue weighted by Gasteiger charge is 2.09. The Labute approximate surface area is 151 Å². The van der Waals surface area contributed by atoms with Gasteiger partial charge in [-0.2, -0.15) is 4.98 Å². The Bertz CT molecular complexity index is 610. The zero-order chi connectivity index (χ0) is 15.2. The zero-order valence-corrected chi connectivity index (χ0v) is 15.6. The maximum absolute atomic E-state index is 5.89. The largest absolute Gasteiger partial charge is 0.370 e. The Morgan fingerprint density at radius 1 is 1.27 bits per heavy atom. The zero-order valence-electron chi connectivity index (χ0n) is 12.5. The fraction of sp³-hybridized carbons (Fsp3) is 0.357. The average molecular weight is 436 g/mol. The van der Waals surface area contributed by atoms with Crippen LogP contribution in [0.2, 0.25) is 5.02 Å². The molecule has 1 aromatic carbocycles. The summed E-state index contributed by atoms with van der Waals surface area (Å²) in [6.07, 6.45) is 0. The molecule has 2 aromatic rings. The van der Waals surface area contributed by atoms with Gasteiger partial charge in [0.2, 0.25) is 11.7 Å². The van der Waals surface area contributed by atoms with Crippen molar-refractivity contribution >= 4 is 41.5 Å². The van der Waals surface area contributed by atoms with E-state index < -0.39 is 0 Å². The SMILES string of the molecule is CCN(CC)C(N)=NCc1nc(-c2ccc(Cl)cc2)no1.I. The monoisotopic (exact) mass is 435 g/mol. The molecule has 0 unspecified atom stereocenters. The van der Waals surface area contributed by atoms with Crippen LogP contribution in [-0.2, 0) is 6.54 Å². The average Bonchev–Trinajstić information content (AvgIpc) is 2.96. The maximum Gasteiger partial charge on any atom is 0.248 e. The van der Waals surface area contributed by atoms with Gasteiger partial charge in [-0.05, 0) is 38.1 Å². The second-order valence-electron chi connectivity index (χ2n) is 4.37. The number of rotatable bonds is 5. The van der Waals surface area contributed by atoms with Gasteiger partial charge in [0.05, 0.1) is 0 Å². The minimum Gasteiger partial charge on any atom is -0.370 e. The number of guanidine groups is 1. The predicted molar refractivity (Wildman–Crippen MR) is 98.4 cm³/mol. The molecule has 8 heteroatoms. The van der Waals surface area contributed by atoms with Gasteiger partial charge >= 0.3 is 0 Å². The third-order valence-electron chi connectivity index (χ3n) is 3.03. The highest BCUT2D eigenvalue weighted by molar-refractivity contribution is 14.0. The summed E-state index contributed by atoms with van der Waals surface area (Å²) >= 11 is 5.85. The summed E-state index contributed by atoms with van der Waals surface area (Å²) < 4.78 is 5.17. The lowest BCUT2D eigenvalue weighted by molar-refractivity contribution is 0.379. The van der Waals surface area contributed by atoms with Crippen LogP contribution in [-0.4, -0.2) is 34.1 Å². The Hall–Kier alpha value is -1.35. The molecule has 0 fully saturated rings. The van der Waals surface area contributed by atoms with E-state index in [2.05, 4.69) is 15.1 Å². The van der Waals surface area contributed by atoms with E-state index in [1.165, 1.54) is 0 Å². The van der Waals surface area contributed by atoms with Crippen LogP contribution >= 0.6 is 35.6 Å². The number of nitrogens with zero attached hydrogens (tertiary/aromatic N) is 4. The lowest BCUT2D eigenvalue weighted by Gasteiger charge is -2.18. The van der Waals surface area contributed by atoms with Gasteiger partial charge in [-0.15, -0.1) is 24.0 Å². The predicted octanol–water partition coefficient (Wildman–Crippen LogP) is 3.16. The van der Waals surface area contributed by atoms with Gasteiger partial charge in [-0.3, -0.25) is 0 Å². The lowest BCUT2D eigenvalue weighted by atomic mass is 10.2. The second-order valence-corrected chi connectivity index (χ2v) is 4.80. The first-order chi connectivity index (χ1) is 10.1. The standard InChI is InChI=1S/C14H18ClN5O.HI/c1-3-20(4-2)14(16)17-9-12-18-13(19-21-12)10-5-7-11(15)8-6-10;/h5-8H,3-4,9H2,1-2H3,(H2,16,17);1H. The number of hydrogen-bond acceptors (Lipinski definition) is 4. The molecular formula is C14H19ClIN5O. The minimum atomic E-state index is 0. The molecule has 0 amide bonds. The van der Waals surface area contributed by atoms with Gasteiger partial charge in [-0.1, -0.05) is 16.8 Å². The molecule has 0 spiro atoms. The van der Waals surface area contributed by atoms with Gasteiger partial charge in [0.1, 0.15) is 6.54 Å². The van der Waals surface area contributed by atoms with Gasteiger partial charge < -0.3 is 15.2 Å². The van der Waals surface area contributed by atoms with Crippen molar-refractivity contribution in [2.75, 3.05) is 13.1 Å². The van der Waals surface area contributed by atoms with Gasteiger partial charge in [0.15, 0.2) is 5.96 Å². The van der Waals surface area contributed by atoms with Gasteiger partial charge in [0.25, 0.3) is 0 Å². The van der Waals surface area contributed by atoms with Crippen LogP contribution in [0.5, 0.6) is 0 Å². The first kappa shape index (κ1) is 18.7. The highest BCUT2D eigenvalue weighted by Crippen LogP contribution is 2.18. The van der Waals surface area contributed by atoms with Crippen molar-refractivity contribution in [3.05, 3.63) is 35.2 Å². The fourth-order valence-electron chi connectivity index (χ4n) is 1.83. The summed E-state index contributed by atoms with van der Waals surface area (Å²) in [5.74, 6) is 1.42. The number of aliphatic imine (C=N–C) groups is 1. The van der Waals surface area contributed by atoms with Crippen molar-refractivity contribution in [1.29, 1.82) is 0 Å². The maximum atomic E-state index is 5.89. The van der Waals surface area contributed by atoms with E-state index in [1.807, 2.05) is 30.9 Å². The van der Waals surface area contributed by atoms with Crippen LogP contribution in [0.4, 0.5) is 0 Å². The summed E-state index contributed by atoms with van der Waals surface area (Å²) in [6, 6.07) is 7.24. The molecule has 0 aliphatic heterocycles. The Balaban J connectivity index is 0.00000242. The first-order valence-corrected chi connectivity index (χ1v) is 7.15. The van der Waals surface area contributed by atoms with Crippen molar-refractivity contribution in [2.45, 2.75) is 20.4 Å². The van der Waals surface area contributed by atoms with E-state index in [0.717, 1.165) is 18.7 Å². The molecular weight excluding hydrogens is 417 g/mol. The molecule has 0 bridgehead atoms. The van der Waals surface area contributed by atoms with Crippen LogP contribution in [0.15, 0.2) is 33.8 Å². The second kappa shape index (κ2) is 8.94. The summed E-state index contributed by atoms with van der Waals surface area (Å²) in [5.41, 5.74) is 6.74. The number of halogens is 2. The van der Waals surface area contributed by atoms with E-state index >= 15 is 0 Å². The number of hydrogen-bond donors (Lipinski definition) is 1. The smallest absolute Gasteiger partial charge is 0.248 e. The number of nitrogens with two attached hydrogens (primary N) is 1. The quantitative estimate of drug-likeness (QED) is 0.443. The topological polar surface area (TPSA) is 80.5 Å². The van der Waals surface area contributed by atoms with E-state index in [-0.39, 0.29) is 30.5 Å². The summed E-state index contributed by atoms with van der Waals surface area (Å²) in [5, 5.41) is 4.59. The van der Waals surface area contributed by atoms with Crippen molar-refractivity contribution in [3.63, 3.8) is 0 Å². The molecule has 0 radical (unpaired) electrons. The molecule has 0 saturated heterocycles. The number of benzene rings is 1. The molecule has 0 aliphatic carbocycles. The Morgan fingerprint density at radius 2 is 1.91 bits per heavy atom. The van der Waals surface area contributed by atoms with E-state index in [0.29, 0.717) is 22.7 Å². The molecule has 6 nitrogen and oxygen atoms in total. The lowest BCUT2D eigenvalue weighted by Crippen LogP contribution is -2.37. The normalized spacial score (nSPS) is 11.1. The molecule has 22 heavy (non-hydrogen) atoms.